The summed E-state index contributed by atoms with van der Waals surface area (Å²) in [6.07, 6.45) is 2.01. The van der Waals surface area contributed by atoms with Crippen LogP contribution < -0.4 is 9.64 Å². The van der Waals surface area contributed by atoms with Crippen LogP contribution in [0.4, 0.5) is 5.69 Å². The standard InChI is InChI=1S/C16H17BrN2O5/c17-10-4-5-11-13(7-10)24-9-15(21)19(11)8-14(20)18-6-2-1-3-12(18)16(22)23/h4-5,7,12H,1-3,6,8-9H2,(H,22,23). The van der Waals surface area contributed by atoms with Crippen molar-refractivity contribution in [1.82, 2.24) is 4.90 Å². The summed E-state index contributed by atoms with van der Waals surface area (Å²) in [6.45, 7) is 0.0845. The molecule has 1 N–H and O–H groups in total. The van der Waals surface area contributed by atoms with E-state index in [0.717, 1.165) is 17.3 Å². The zero-order valence-corrected chi connectivity index (χ0v) is 14.5. The Balaban J connectivity index is 1.81. The Bertz CT molecular complexity index is 693. The maximum Gasteiger partial charge on any atom is 0.326 e. The number of hydrogen-bond donors (Lipinski definition) is 1. The maximum absolute atomic E-state index is 12.6. The molecule has 2 heterocycles. The molecule has 0 aliphatic carbocycles. The van der Waals surface area contributed by atoms with Gasteiger partial charge < -0.3 is 14.7 Å². The number of halogens is 1. The van der Waals surface area contributed by atoms with Crippen molar-refractivity contribution in [3.05, 3.63) is 22.7 Å². The summed E-state index contributed by atoms with van der Waals surface area (Å²) < 4.78 is 6.20. The Hall–Kier alpha value is -2.09. The highest BCUT2D eigenvalue weighted by Gasteiger charge is 2.35. The van der Waals surface area contributed by atoms with E-state index in [0.29, 0.717) is 24.4 Å². The summed E-state index contributed by atoms with van der Waals surface area (Å²) in [5, 5.41) is 9.30. The summed E-state index contributed by atoms with van der Waals surface area (Å²) in [5.41, 5.74) is 0.520. The first kappa shape index (κ1) is 16.8. The number of carboxylic acids is 1. The Kier molecular flexibility index (Phi) is 4.75. The number of hydrogen-bond acceptors (Lipinski definition) is 4. The van der Waals surface area contributed by atoms with Crippen molar-refractivity contribution in [2.45, 2.75) is 25.3 Å². The molecule has 1 unspecified atom stereocenters. The van der Waals surface area contributed by atoms with Gasteiger partial charge in [-0.2, -0.15) is 0 Å². The van der Waals surface area contributed by atoms with Gasteiger partial charge in [-0.3, -0.25) is 14.5 Å². The minimum atomic E-state index is -0.999. The number of ether oxygens (including phenoxy) is 1. The van der Waals surface area contributed by atoms with Gasteiger partial charge in [-0.1, -0.05) is 15.9 Å². The van der Waals surface area contributed by atoms with Crippen molar-refractivity contribution in [3.63, 3.8) is 0 Å². The number of carboxylic acid groups (broad SMARTS) is 1. The van der Waals surface area contributed by atoms with Crippen LogP contribution in [0.1, 0.15) is 19.3 Å². The van der Waals surface area contributed by atoms with Gasteiger partial charge in [0.25, 0.3) is 5.91 Å². The molecule has 1 fully saturated rings. The number of fused-ring (bicyclic) bond motifs is 1. The topological polar surface area (TPSA) is 87.2 Å². The molecule has 3 rings (SSSR count). The number of aliphatic carboxylic acids is 1. The smallest absolute Gasteiger partial charge is 0.326 e. The average Bonchev–Trinajstić information content (AvgIpc) is 2.57. The lowest BCUT2D eigenvalue weighted by Gasteiger charge is -2.35. The van der Waals surface area contributed by atoms with E-state index in [1.807, 2.05) is 0 Å². The number of likely N-dealkylation sites (tertiary alicyclic amines) is 1. The quantitative estimate of drug-likeness (QED) is 0.838. The molecular formula is C16H17BrN2O5. The highest BCUT2D eigenvalue weighted by Crippen LogP contribution is 2.34. The molecule has 8 heteroatoms. The van der Waals surface area contributed by atoms with E-state index in [1.54, 1.807) is 18.2 Å². The molecular weight excluding hydrogens is 380 g/mol. The summed E-state index contributed by atoms with van der Waals surface area (Å²) in [5.74, 6) is -1.15. The van der Waals surface area contributed by atoms with E-state index < -0.39 is 12.0 Å². The van der Waals surface area contributed by atoms with Crippen LogP contribution in [0.25, 0.3) is 0 Å². The number of nitrogens with zero attached hydrogens (tertiary/aromatic N) is 2. The normalized spacial score (nSPS) is 20.4. The molecule has 1 aromatic carbocycles. The molecule has 24 heavy (non-hydrogen) atoms. The Morgan fingerprint density at radius 3 is 2.88 bits per heavy atom. The summed E-state index contributed by atoms with van der Waals surface area (Å²) in [4.78, 5) is 38.9. The molecule has 1 atom stereocenters. The predicted octanol–water partition coefficient (Wildman–Crippen LogP) is 1.64. The molecule has 0 saturated carbocycles. The third-order valence-corrected chi connectivity index (χ3v) is 4.76. The van der Waals surface area contributed by atoms with Crippen LogP contribution in [0.2, 0.25) is 0 Å². The Labute approximate surface area is 147 Å². The van der Waals surface area contributed by atoms with E-state index in [2.05, 4.69) is 15.9 Å². The fourth-order valence-corrected chi connectivity index (χ4v) is 3.40. The zero-order valence-electron chi connectivity index (χ0n) is 12.9. The van der Waals surface area contributed by atoms with Crippen LogP contribution in [0.3, 0.4) is 0 Å². The number of anilines is 1. The number of rotatable bonds is 3. The monoisotopic (exact) mass is 396 g/mol. The molecule has 0 bridgehead atoms. The maximum atomic E-state index is 12.6. The van der Waals surface area contributed by atoms with Gasteiger partial charge >= 0.3 is 5.97 Å². The molecule has 7 nitrogen and oxygen atoms in total. The second-order valence-electron chi connectivity index (χ2n) is 5.82. The van der Waals surface area contributed by atoms with Crippen LogP contribution in [0.15, 0.2) is 22.7 Å². The third-order valence-electron chi connectivity index (χ3n) is 4.27. The van der Waals surface area contributed by atoms with Crippen molar-refractivity contribution in [1.29, 1.82) is 0 Å². The van der Waals surface area contributed by atoms with E-state index in [1.165, 1.54) is 9.80 Å². The SMILES string of the molecule is O=C(O)C1CCCCN1C(=O)CN1C(=O)COc2cc(Br)ccc21. The van der Waals surface area contributed by atoms with Gasteiger partial charge in [0, 0.05) is 11.0 Å². The van der Waals surface area contributed by atoms with E-state index in [-0.39, 0.29) is 25.0 Å². The number of carbonyl (C=O) groups is 3. The summed E-state index contributed by atoms with van der Waals surface area (Å²) in [7, 11) is 0. The fraction of sp³-hybridized carbons (Fsp3) is 0.438. The molecule has 1 saturated heterocycles. The first-order chi connectivity index (χ1) is 11.5. The van der Waals surface area contributed by atoms with Gasteiger partial charge in [0.05, 0.1) is 5.69 Å². The molecule has 2 aliphatic rings. The van der Waals surface area contributed by atoms with Crippen LogP contribution in [-0.4, -0.2) is 53.5 Å². The lowest BCUT2D eigenvalue weighted by atomic mass is 10.0. The average molecular weight is 397 g/mol. The van der Waals surface area contributed by atoms with Crippen LogP contribution >= 0.6 is 15.9 Å². The molecule has 2 amide bonds. The minimum Gasteiger partial charge on any atom is -0.482 e. The van der Waals surface area contributed by atoms with Crippen LogP contribution in [-0.2, 0) is 14.4 Å². The summed E-state index contributed by atoms with van der Waals surface area (Å²) >= 11 is 3.34. The highest BCUT2D eigenvalue weighted by molar-refractivity contribution is 9.10. The number of benzene rings is 1. The lowest BCUT2D eigenvalue weighted by Crippen LogP contribution is -2.53. The van der Waals surface area contributed by atoms with Gasteiger partial charge in [-0.25, -0.2) is 4.79 Å². The zero-order chi connectivity index (χ0) is 17.3. The first-order valence-electron chi connectivity index (χ1n) is 7.72. The van der Waals surface area contributed by atoms with Crippen molar-refractivity contribution in [2.75, 3.05) is 24.6 Å². The Morgan fingerprint density at radius 2 is 2.12 bits per heavy atom. The number of piperidine rings is 1. The molecule has 128 valence electrons. The van der Waals surface area contributed by atoms with Gasteiger partial charge in [-0.15, -0.1) is 0 Å². The van der Waals surface area contributed by atoms with Gasteiger partial charge in [0.1, 0.15) is 18.3 Å². The highest BCUT2D eigenvalue weighted by atomic mass is 79.9. The van der Waals surface area contributed by atoms with Gasteiger partial charge in [-0.05, 0) is 37.5 Å². The van der Waals surface area contributed by atoms with E-state index in [4.69, 9.17) is 4.74 Å². The Morgan fingerprint density at radius 1 is 1.33 bits per heavy atom. The van der Waals surface area contributed by atoms with Crippen LogP contribution in [0, 0.1) is 0 Å². The first-order valence-corrected chi connectivity index (χ1v) is 8.51. The van der Waals surface area contributed by atoms with Crippen LogP contribution in [0.5, 0.6) is 5.75 Å². The second kappa shape index (κ2) is 6.80. The number of amides is 2. The predicted molar refractivity (Wildman–Crippen MR) is 89.0 cm³/mol. The fourth-order valence-electron chi connectivity index (χ4n) is 3.06. The van der Waals surface area contributed by atoms with Crippen molar-refractivity contribution >= 4 is 39.4 Å². The largest absolute Gasteiger partial charge is 0.482 e. The molecule has 2 aliphatic heterocycles. The van der Waals surface area contributed by atoms with Crippen molar-refractivity contribution in [2.24, 2.45) is 0 Å². The van der Waals surface area contributed by atoms with Crippen molar-refractivity contribution in [3.8, 4) is 5.75 Å². The lowest BCUT2D eigenvalue weighted by molar-refractivity contribution is -0.151. The second-order valence-corrected chi connectivity index (χ2v) is 6.73. The molecule has 0 aromatic heterocycles. The van der Waals surface area contributed by atoms with Gasteiger partial charge in [0.2, 0.25) is 5.91 Å². The van der Waals surface area contributed by atoms with E-state index >= 15 is 0 Å². The molecule has 1 aromatic rings. The van der Waals surface area contributed by atoms with Gasteiger partial charge in [0.15, 0.2) is 6.61 Å². The van der Waals surface area contributed by atoms with E-state index in [9.17, 15) is 19.5 Å². The molecule has 0 radical (unpaired) electrons. The third kappa shape index (κ3) is 3.24. The molecule has 0 spiro atoms. The summed E-state index contributed by atoms with van der Waals surface area (Å²) in [6, 6.07) is 4.39. The minimum absolute atomic E-state index is 0.140. The van der Waals surface area contributed by atoms with Crippen molar-refractivity contribution < 1.29 is 24.2 Å². The number of carbonyl (C=O) groups excluding carboxylic acids is 2.